The van der Waals surface area contributed by atoms with E-state index in [2.05, 4.69) is 5.32 Å². The van der Waals surface area contributed by atoms with Crippen molar-refractivity contribution in [3.63, 3.8) is 0 Å². The highest BCUT2D eigenvalue weighted by molar-refractivity contribution is 5.78. The third-order valence-electron chi connectivity index (χ3n) is 2.60. The number of carbonyl (C=O) groups is 1. The molecule has 3 heteroatoms. The fourth-order valence-corrected chi connectivity index (χ4v) is 1.31. The topological polar surface area (TPSA) is 55.1 Å². The molecule has 88 valence electrons. The Labute approximate surface area is 97.0 Å². The lowest BCUT2D eigenvalue weighted by molar-refractivity contribution is -0.120. The molecule has 0 fully saturated rings. The molecule has 0 saturated carbocycles. The molecule has 1 amide bonds. The Hall–Kier alpha value is -1.35. The second kappa shape index (κ2) is 6.28. The Balaban J connectivity index is 2.32. The van der Waals surface area contributed by atoms with Crippen LogP contribution >= 0.6 is 0 Å². The Kier molecular flexibility index (Phi) is 4.99. The summed E-state index contributed by atoms with van der Waals surface area (Å²) in [5, 5.41) is 2.85. The fraction of sp³-hybridized carbons (Fsp3) is 0.462. The highest BCUT2D eigenvalue weighted by atomic mass is 16.1. The van der Waals surface area contributed by atoms with E-state index in [4.69, 9.17) is 5.73 Å². The molecule has 0 bridgehead atoms. The van der Waals surface area contributed by atoms with Crippen LogP contribution in [0.1, 0.15) is 19.4 Å². The van der Waals surface area contributed by atoms with E-state index < -0.39 is 0 Å². The normalized spacial score (nSPS) is 12.5. The number of nitrogens with one attached hydrogen (secondary N) is 1. The lowest BCUT2D eigenvalue weighted by atomic mass is 10.1. The Morgan fingerprint density at radius 2 is 1.94 bits per heavy atom. The van der Waals surface area contributed by atoms with Crippen LogP contribution in [0.25, 0.3) is 0 Å². The predicted molar refractivity (Wildman–Crippen MR) is 66.0 cm³/mol. The summed E-state index contributed by atoms with van der Waals surface area (Å²) in [5.41, 5.74) is 6.87. The zero-order chi connectivity index (χ0) is 12.0. The molecular weight excluding hydrogens is 200 g/mol. The van der Waals surface area contributed by atoms with Crippen molar-refractivity contribution in [1.82, 2.24) is 5.32 Å². The third-order valence-corrected chi connectivity index (χ3v) is 2.60. The van der Waals surface area contributed by atoms with Gasteiger partial charge >= 0.3 is 0 Å². The third kappa shape index (κ3) is 4.45. The summed E-state index contributed by atoms with van der Waals surface area (Å²) in [4.78, 5) is 11.6. The molecule has 1 aromatic rings. The van der Waals surface area contributed by atoms with Crippen LogP contribution in [0.5, 0.6) is 0 Å². The number of hydrogen-bond donors (Lipinski definition) is 2. The number of amides is 1. The quantitative estimate of drug-likeness (QED) is 0.786. The first-order chi connectivity index (χ1) is 7.59. The maximum Gasteiger partial charge on any atom is 0.224 e. The van der Waals surface area contributed by atoms with Crippen LogP contribution in [0.4, 0.5) is 0 Å². The van der Waals surface area contributed by atoms with Crippen LogP contribution in [0, 0.1) is 5.92 Å². The number of nitrogens with two attached hydrogens (primary N) is 1. The van der Waals surface area contributed by atoms with Gasteiger partial charge in [0, 0.05) is 12.6 Å². The van der Waals surface area contributed by atoms with E-state index in [0.717, 1.165) is 5.56 Å². The Morgan fingerprint density at radius 1 is 1.31 bits per heavy atom. The van der Waals surface area contributed by atoms with Crippen molar-refractivity contribution in [2.45, 2.75) is 26.3 Å². The average molecular weight is 220 g/mol. The Bertz CT molecular complexity index is 322. The van der Waals surface area contributed by atoms with Gasteiger partial charge in [-0.1, -0.05) is 44.2 Å². The molecule has 1 aromatic carbocycles. The van der Waals surface area contributed by atoms with E-state index in [1.165, 1.54) is 0 Å². The number of carbonyl (C=O) groups excluding carboxylic acids is 1. The maximum absolute atomic E-state index is 11.6. The number of hydrogen-bond acceptors (Lipinski definition) is 2. The summed E-state index contributed by atoms with van der Waals surface area (Å²) in [6, 6.07) is 9.73. The summed E-state index contributed by atoms with van der Waals surface area (Å²) >= 11 is 0. The minimum Gasteiger partial charge on any atom is -0.354 e. The molecular formula is C13H20N2O. The molecule has 1 rings (SSSR count). The minimum atomic E-state index is 0.0275. The molecule has 0 radical (unpaired) electrons. The van der Waals surface area contributed by atoms with Crippen molar-refractivity contribution in [2.24, 2.45) is 11.7 Å². The molecule has 1 atom stereocenters. The SMILES string of the molecule is CC(C)[C@@H](N)CNC(=O)Cc1ccccc1. The first-order valence-electron chi connectivity index (χ1n) is 5.66. The van der Waals surface area contributed by atoms with Crippen LogP contribution in [-0.4, -0.2) is 18.5 Å². The predicted octanol–water partition coefficient (Wildman–Crippen LogP) is 1.33. The van der Waals surface area contributed by atoms with E-state index in [-0.39, 0.29) is 11.9 Å². The van der Waals surface area contributed by atoms with Gasteiger partial charge in [-0.3, -0.25) is 4.79 Å². The number of benzene rings is 1. The van der Waals surface area contributed by atoms with Gasteiger partial charge in [0.15, 0.2) is 0 Å². The lowest BCUT2D eigenvalue weighted by Gasteiger charge is -2.16. The lowest BCUT2D eigenvalue weighted by Crippen LogP contribution is -2.40. The van der Waals surface area contributed by atoms with Crippen molar-refractivity contribution in [3.8, 4) is 0 Å². The van der Waals surface area contributed by atoms with E-state index in [1.54, 1.807) is 0 Å². The molecule has 16 heavy (non-hydrogen) atoms. The highest BCUT2D eigenvalue weighted by Crippen LogP contribution is 2.00. The summed E-state index contributed by atoms with van der Waals surface area (Å²) < 4.78 is 0. The molecule has 0 heterocycles. The van der Waals surface area contributed by atoms with Crippen molar-refractivity contribution >= 4 is 5.91 Å². The molecule has 0 aliphatic heterocycles. The highest BCUT2D eigenvalue weighted by Gasteiger charge is 2.09. The first kappa shape index (κ1) is 12.7. The van der Waals surface area contributed by atoms with Crippen molar-refractivity contribution in [2.75, 3.05) is 6.54 Å². The standard InChI is InChI=1S/C13H20N2O/c1-10(2)12(14)9-15-13(16)8-11-6-4-3-5-7-11/h3-7,10,12H,8-9,14H2,1-2H3,(H,15,16)/t12-/m0/s1. The van der Waals surface area contributed by atoms with E-state index in [9.17, 15) is 4.79 Å². The molecule has 0 aliphatic carbocycles. The molecule has 0 saturated heterocycles. The minimum absolute atomic E-state index is 0.0275. The summed E-state index contributed by atoms with van der Waals surface area (Å²) in [6.45, 7) is 4.64. The maximum atomic E-state index is 11.6. The zero-order valence-corrected chi connectivity index (χ0v) is 9.94. The smallest absolute Gasteiger partial charge is 0.224 e. The van der Waals surface area contributed by atoms with Gasteiger partial charge in [-0.25, -0.2) is 0 Å². The van der Waals surface area contributed by atoms with Crippen LogP contribution in [0.3, 0.4) is 0 Å². The van der Waals surface area contributed by atoms with E-state index in [1.807, 2.05) is 44.2 Å². The van der Waals surface area contributed by atoms with Gasteiger partial charge in [-0.2, -0.15) is 0 Å². The van der Waals surface area contributed by atoms with Crippen LogP contribution in [-0.2, 0) is 11.2 Å². The van der Waals surface area contributed by atoms with Gasteiger partial charge in [0.25, 0.3) is 0 Å². The second-order valence-corrected chi connectivity index (χ2v) is 4.37. The average Bonchev–Trinajstić information content (AvgIpc) is 2.27. The van der Waals surface area contributed by atoms with Crippen LogP contribution in [0.15, 0.2) is 30.3 Å². The molecule has 3 N–H and O–H groups in total. The van der Waals surface area contributed by atoms with Gasteiger partial charge < -0.3 is 11.1 Å². The van der Waals surface area contributed by atoms with Gasteiger partial charge in [-0.15, -0.1) is 0 Å². The van der Waals surface area contributed by atoms with E-state index >= 15 is 0 Å². The summed E-state index contributed by atoms with van der Waals surface area (Å²) in [7, 11) is 0. The monoisotopic (exact) mass is 220 g/mol. The summed E-state index contributed by atoms with van der Waals surface area (Å²) in [5.74, 6) is 0.416. The van der Waals surface area contributed by atoms with Crippen molar-refractivity contribution in [3.05, 3.63) is 35.9 Å². The van der Waals surface area contributed by atoms with Crippen LogP contribution in [0.2, 0.25) is 0 Å². The fourth-order valence-electron chi connectivity index (χ4n) is 1.31. The van der Waals surface area contributed by atoms with Crippen molar-refractivity contribution < 1.29 is 4.79 Å². The second-order valence-electron chi connectivity index (χ2n) is 4.37. The first-order valence-corrected chi connectivity index (χ1v) is 5.66. The Morgan fingerprint density at radius 3 is 2.50 bits per heavy atom. The summed E-state index contributed by atoms with van der Waals surface area (Å²) in [6.07, 6.45) is 0.422. The number of rotatable bonds is 5. The van der Waals surface area contributed by atoms with Crippen LogP contribution < -0.4 is 11.1 Å². The molecule has 0 aliphatic rings. The van der Waals surface area contributed by atoms with Gasteiger partial charge in [0.1, 0.15) is 0 Å². The molecule has 0 aromatic heterocycles. The molecule has 3 nitrogen and oxygen atoms in total. The molecule has 0 unspecified atom stereocenters. The van der Waals surface area contributed by atoms with Gasteiger partial charge in [0.05, 0.1) is 6.42 Å². The van der Waals surface area contributed by atoms with E-state index in [0.29, 0.717) is 18.9 Å². The van der Waals surface area contributed by atoms with Gasteiger partial charge in [0.2, 0.25) is 5.91 Å². The van der Waals surface area contributed by atoms with Gasteiger partial charge in [-0.05, 0) is 11.5 Å². The van der Waals surface area contributed by atoms with Crippen molar-refractivity contribution in [1.29, 1.82) is 0 Å². The largest absolute Gasteiger partial charge is 0.354 e. The zero-order valence-electron chi connectivity index (χ0n) is 9.94. The molecule has 0 spiro atoms.